The third-order valence-electron chi connectivity index (χ3n) is 5.29. The fourth-order valence-corrected chi connectivity index (χ4v) is 4.79. The van der Waals surface area contributed by atoms with E-state index < -0.39 is 6.10 Å². The van der Waals surface area contributed by atoms with Crippen LogP contribution in [0.3, 0.4) is 0 Å². The summed E-state index contributed by atoms with van der Waals surface area (Å²) in [5, 5.41) is 13.9. The van der Waals surface area contributed by atoms with Crippen LogP contribution in [0, 0.1) is 18.8 Å². The third kappa shape index (κ3) is 3.59. The van der Waals surface area contributed by atoms with Gasteiger partial charge in [-0.2, -0.15) is 0 Å². The van der Waals surface area contributed by atoms with Crippen LogP contribution in [-0.2, 0) is 0 Å². The molecule has 1 aliphatic heterocycles. The van der Waals surface area contributed by atoms with Gasteiger partial charge < -0.3 is 14.7 Å². The maximum Gasteiger partial charge on any atom is 0.273 e. The van der Waals surface area contributed by atoms with Gasteiger partial charge in [0.1, 0.15) is 17.5 Å². The molecule has 0 spiro atoms. The minimum atomic E-state index is -0.535. The van der Waals surface area contributed by atoms with Crippen LogP contribution in [0.2, 0.25) is 5.02 Å². The van der Waals surface area contributed by atoms with E-state index in [1.807, 2.05) is 29.3 Å². The van der Waals surface area contributed by atoms with Crippen LogP contribution in [0.4, 0.5) is 0 Å². The molecule has 0 radical (unpaired) electrons. The number of ether oxygens (including phenoxy) is 1. The molecule has 0 bridgehead atoms. The molecule has 26 heavy (non-hydrogen) atoms. The zero-order valence-corrected chi connectivity index (χ0v) is 16.0. The van der Waals surface area contributed by atoms with Gasteiger partial charge >= 0.3 is 0 Å². The Balaban J connectivity index is 1.42. The Kier molecular flexibility index (Phi) is 4.90. The summed E-state index contributed by atoms with van der Waals surface area (Å²) in [6, 6.07) is 7.24. The van der Waals surface area contributed by atoms with Crippen molar-refractivity contribution in [2.75, 3.05) is 13.1 Å². The number of aromatic nitrogens is 1. The molecule has 4 atom stereocenters. The minimum Gasteiger partial charge on any atom is -0.488 e. The summed E-state index contributed by atoms with van der Waals surface area (Å²) in [4.78, 5) is 18.8. The Hall–Kier alpha value is -1.63. The molecule has 2 fully saturated rings. The van der Waals surface area contributed by atoms with Crippen LogP contribution in [0.25, 0.3) is 0 Å². The molecule has 4 rings (SSSR count). The molecule has 1 aromatic carbocycles. The SMILES string of the molecule is Cc1nc(C(=O)N2C[C@H]3C[C@@H](Oc4cccc(Cl)c4)[C@H](O)C[C@H]3C2)cs1. The van der Waals surface area contributed by atoms with Crippen molar-refractivity contribution in [3.05, 3.63) is 45.4 Å². The van der Waals surface area contributed by atoms with E-state index in [9.17, 15) is 9.90 Å². The number of hydrogen-bond donors (Lipinski definition) is 1. The lowest BCUT2D eigenvalue weighted by Gasteiger charge is -2.35. The summed E-state index contributed by atoms with van der Waals surface area (Å²) in [6.45, 7) is 3.28. The molecule has 1 aromatic heterocycles. The predicted octanol–water partition coefficient (Wildman–Crippen LogP) is 3.40. The number of amides is 1. The monoisotopic (exact) mass is 392 g/mol. The van der Waals surface area contributed by atoms with Gasteiger partial charge in [0.05, 0.1) is 11.1 Å². The molecule has 5 nitrogen and oxygen atoms in total. The fourth-order valence-electron chi connectivity index (χ4n) is 4.02. The van der Waals surface area contributed by atoms with Crippen molar-refractivity contribution in [1.29, 1.82) is 0 Å². The first-order valence-corrected chi connectivity index (χ1v) is 10.1. The maximum absolute atomic E-state index is 12.7. The Morgan fingerprint density at radius 1 is 1.35 bits per heavy atom. The van der Waals surface area contributed by atoms with Crippen LogP contribution < -0.4 is 4.74 Å². The van der Waals surface area contributed by atoms with Crippen molar-refractivity contribution in [3.8, 4) is 5.75 Å². The smallest absolute Gasteiger partial charge is 0.273 e. The van der Waals surface area contributed by atoms with Gasteiger partial charge in [-0.15, -0.1) is 11.3 Å². The van der Waals surface area contributed by atoms with Gasteiger partial charge in [0, 0.05) is 23.5 Å². The van der Waals surface area contributed by atoms with E-state index >= 15 is 0 Å². The Morgan fingerprint density at radius 3 is 2.81 bits per heavy atom. The molecule has 138 valence electrons. The highest BCUT2D eigenvalue weighted by Crippen LogP contribution is 2.38. The van der Waals surface area contributed by atoms with Gasteiger partial charge in [-0.05, 0) is 49.8 Å². The van der Waals surface area contributed by atoms with E-state index in [4.69, 9.17) is 16.3 Å². The Labute approximate surface area is 161 Å². The standard InChI is InChI=1S/C19H21ClN2O3S/c1-11-21-16(10-26-11)19(24)22-8-12-5-17(23)18(6-13(12)9-22)25-15-4-2-3-14(20)7-15/h2-4,7,10,12-13,17-18,23H,5-6,8-9H2,1H3/t12-,13+,17+,18+/m0/s1. The van der Waals surface area contributed by atoms with Crippen LogP contribution in [0.5, 0.6) is 5.75 Å². The van der Waals surface area contributed by atoms with Crippen LogP contribution in [0.15, 0.2) is 29.6 Å². The largest absolute Gasteiger partial charge is 0.488 e. The molecule has 1 N–H and O–H groups in total. The number of carbonyl (C=O) groups excluding carboxylic acids is 1. The third-order valence-corrected chi connectivity index (χ3v) is 6.30. The van der Waals surface area contributed by atoms with Crippen molar-refractivity contribution >= 4 is 28.8 Å². The highest BCUT2D eigenvalue weighted by atomic mass is 35.5. The maximum atomic E-state index is 12.7. The van der Waals surface area contributed by atoms with Gasteiger partial charge in [-0.3, -0.25) is 4.79 Å². The number of thiazole rings is 1. The van der Waals surface area contributed by atoms with E-state index in [1.165, 1.54) is 11.3 Å². The molecular formula is C19H21ClN2O3S. The summed E-state index contributed by atoms with van der Waals surface area (Å²) in [5.41, 5.74) is 0.526. The average Bonchev–Trinajstić information content (AvgIpc) is 3.20. The lowest BCUT2D eigenvalue weighted by Crippen LogP contribution is -2.42. The molecule has 2 aliphatic rings. The minimum absolute atomic E-state index is 0.00875. The first-order chi connectivity index (χ1) is 12.5. The van der Waals surface area contributed by atoms with Gasteiger partial charge in [-0.25, -0.2) is 4.98 Å². The summed E-state index contributed by atoms with van der Waals surface area (Å²) >= 11 is 7.50. The number of rotatable bonds is 3. The number of aliphatic hydroxyl groups excluding tert-OH is 1. The molecule has 1 aliphatic carbocycles. The lowest BCUT2D eigenvalue weighted by atomic mass is 9.78. The van der Waals surface area contributed by atoms with Gasteiger partial charge in [0.25, 0.3) is 5.91 Å². The number of fused-ring (bicyclic) bond motifs is 1. The summed E-state index contributed by atoms with van der Waals surface area (Å²) in [6.07, 6.45) is 0.576. The molecule has 2 heterocycles. The predicted molar refractivity (Wildman–Crippen MR) is 101 cm³/mol. The zero-order chi connectivity index (χ0) is 18.3. The molecule has 7 heteroatoms. The van der Waals surface area contributed by atoms with E-state index in [0.717, 1.165) is 11.4 Å². The molecule has 1 saturated heterocycles. The number of nitrogens with zero attached hydrogens (tertiary/aromatic N) is 2. The van der Waals surface area contributed by atoms with E-state index in [2.05, 4.69) is 4.98 Å². The van der Waals surface area contributed by atoms with Crippen LogP contribution in [0.1, 0.15) is 28.3 Å². The topological polar surface area (TPSA) is 62.7 Å². The van der Waals surface area contributed by atoms with Gasteiger partial charge in [0.2, 0.25) is 0 Å². The molecule has 1 saturated carbocycles. The number of carbonyl (C=O) groups is 1. The zero-order valence-electron chi connectivity index (χ0n) is 14.5. The van der Waals surface area contributed by atoms with E-state index in [1.54, 1.807) is 12.1 Å². The number of halogens is 1. The number of likely N-dealkylation sites (tertiary alicyclic amines) is 1. The fraction of sp³-hybridized carbons (Fsp3) is 0.474. The molecule has 1 amide bonds. The highest BCUT2D eigenvalue weighted by Gasteiger charge is 2.44. The van der Waals surface area contributed by atoms with E-state index in [0.29, 0.717) is 47.8 Å². The second-order valence-electron chi connectivity index (χ2n) is 7.13. The van der Waals surface area contributed by atoms with Gasteiger partial charge in [-0.1, -0.05) is 17.7 Å². The number of aliphatic hydroxyl groups is 1. The second-order valence-corrected chi connectivity index (χ2v) is 8.63. The van der Waals surface area contributed by atoms with Crippen molar-refractivity contribution in [3.63, 3.8) is 0 Å². The first kappa shape index (κ1) is 17.8. The Morgan fingerprint density at radius 2 is 2.12 bits per heavy atom. The summed E-state index contributed by atoms with van der Waals surface area (Å²) < 4.78 is 5.99. The molecule has 0 unspecified atom stereocenters. The summed E-state index contributed by atoms with van der Waals surface area (Å²) in [7, 11) is 0. The number of benzene rings is 1. The van der Waals surface area contributed by atoms with Crippen LogP contribution in [-0.4, -0.2) is 46.2 Å². The lowest BCUT2D eigenvalue weighted by molar-refractivity contribution is -0.0231. The first-order valence-electron chi connectivity index (χ1n) is 8.81. The molecule has 2 aromatic rings. The van der Waals surface area contributed by atoms with E-state index in [-0.39, 0.29) is 12.0 Å². The summed E-state index contributed by atoms with van der Waals surface area (Å²) in [5.74, 6) is 1.31. The van der Waals surface area contributed by atoms with Crippen molar-refractivity contribution in [2.45, 2.75) is 32.0 Å². The Bertz CT molecular complexity index is 812. The normalized spacial score (nSPS) is 28.0. The van der Waals surface area contributed by atoms with Crippen molar-refractivity contribution < 1.29 is 14.6 Å². The van der Waals surface area contributed by atoms with Crippen molar-refractivity contribution in [2.24, 2.45) is 11.8 Å². The molecular weight excluding hydrogens is 372 g/mol. The van der Waals surface area contributed by atoms with Crippen molar-refractivity contribution in [1.82, 2.24) is 9.88 Å². The second kappa shape index (κ2) is 7.18. The highest BCUT2D eigenvalue weighted by molar-refractivity contribution is 7.09. The average molecular weight is 393 g/mol. The quantitative estimate of drug-likeness (QED) is 0.869. The number of hydrogen-bond acceptors (Lipinski definition) is 5. The van der Waals surface area contributed by atoms with Gasteiger partial charge in [0.15, 0.2) is 0 Å². The van der Waals surface area contributed by atoms with Crippen LogP contribution >= 0.6 is 22.9 Å². The number of aryl methyl sites for hydroxylation is 1.